The molecular weight excluding hydrogens is 318 g/mol. The first-order valence-electron chi connectivity index (χ1n) is 9.17. The van der Waals surface area contributed by atoms with E-state index in [1.165, 1.54) is 0 Å². The molecule has 2 N–H and O–H groups in total. The van der Waals surface area contributed by atoms with E-state index < -0.39 is 17.1 Å². The standard InChI is InChI=1S/C20H25NO4/c1-13(17(22)21-16-5-3-2-4-6-16)25-18(23)19-8-14-7-15(9-19)11-20(24,10-14)12-19/h2-6,13-15,24H,7-12H2,1H3,(H,21,22)/t13-,14-,15+,19?,20?/m1/s1. The van der Waals surface area contributed by atoms with Gasteiger partial charge in [0.15, 0.2) is 6.10 Å². The molecule has 4 bridgehead atoms. The lowest BCUT2D eigenvalue weighted by Gasteiger charge is -2.58. The van der Waals surface area contributed by atoms with Gasteiger partial charge in [-0.05, 0) is 69.4 Å². The number of benzene rings is 1. The molecular formula is C20H25NO4. The third-order valence-electron chi connectivity index (χ3n) is 6.16. The lowest BCUT2D eigenvalue weighted by atomic mass is 9.48. The van der Waals surface area contributed by atoms with Gasteiger partial charge in [-0.2, -0.15) is 0 Å². The summed E-state index contributed by atoms with van der Waals surface area (Å²) in [6.07, 6.45) is 3.94. The lowest BCUT2D eigenvalue weighted by Crippen LogP contribution is -2.59. The molecule has 4 aliphatic rings. The van der Waals surface area contributed by atoms with Crippen LogP contribution in [0.15, 0.2) is 30.3 Å². The monoisotopic (exact) mass is 343 g/mol. The van der Waals surface area contributed by atoms with E-state index in [1.807, 2.05) is 18.2 Å². The van der Waals surface area contributed by atoms with Crippen LogP contribution in [-0.4, -0.2) is 28.7 Å². The maximum Gasteiger partial charge on any atom is 0.312 e. The minimum absolute atomic E-state index is 0.310. The molecule has 4 aliphatic carbocycles. The molecule has 5 rings (SSSR count). The number of carbonyl (C=O) groups excluding carboxylic acids is 2. The summed E-state index contributed by atoms with van der Waals surface area (Å²) in [5.41, 5.74) is -0.627. The van der Waals surface area contributed by atoms with E-state index in [2.05, 4.69) is 5.32 Å². The maximum absolute atomic E-state index is 12.9. The van der Waals surface area contributed by atoms with Crippen molar-refractivity contribution in [1.82, 2.24) is 0 Å². The van der Waals surface area contributed by atoms with E-state index in [0.717, 1.165) is 32.1 Å². The van der Waals surface area contributed by atoms with Gasteiger partial charge in [-0.3, -0.25) is 9.59 Å². The van der Waals surface area contributed by atoms with Crippen molar-refractivity contribution in [3.63, 3.8) is 0 Å². The first-order chi connectivity index (χ1) is 11.9. The zero-order valence-electron chi connectivity index (χ0n) is 14.5. The molecule has 134 valence electrons. The molecule has 0 spiro atoms. The van der Waals surface area contributed by atoms with Gasteiger partial charge in [0.1, 0.15) is 0 Å². The average molecular weight is 343 g/mol. The Morgan fingerprint density at radius 3 is 2.40 bits per heavy atom. The van der Waals surface area contributed by atoms with Gasteiger partial charge in [-0.15, -0.1) is 0 Å². The van der Waals surface area contributed by atoms with Gasteiger partial charge in [0.05, 0.1) is 11.0 Å². The van der Waals surface area contributed by atoms with Crippen LogP contribution in [0.2, 0.25) is 0 Å². The van der Waals surface area contributed by atoms with Crippen molar-refractivity contribution in [1.29, 1.82) is 0 Å². The zero-order chi connectivity index (χ0) is 17.7. The molecule has 0 aliphatic heterocycles. The summed E-state index contributed by atoms with van der Waals surface area (Å²) >= 11 is 0. The topological polar surface area (TPSA) is 75.6 Å². The number of hydrogen-bond donors (Lipinski definition) is 2. The van der Waals surface area contributed by atoms with Crippen LogP contribution in [0.5, 0.6) is 0 Å². The molecule has 4 fully saturated rings. The number of aliphatic hydroxyl groups is 1. The number of ether oxygens (including phenoxy) is 1. The number of nitrogens with one attached hydrogen (secondary N) is 1. The highest BCUT2D eigenvalue weighted by Gasteiger charge is 2.61. The van der Waals surface area contributed by atoms with Gasteiger partial charge in [0.25, 0.3) is 5.91 Å². The van der Waals surface area contributed by atoms with E-state index in [9.17, 15) is 14.7 Å². The van der Waals surface area contributed by atoms with E-state index in [1.54, 1.807) is 19.1 Å². The minimum atomic E-state index is -0.852. The van der Waals surface area contributed by atoms with Crippen LogP contribution < -0.4 is 5.32 Å². The number of rotatable bonds is 4. The van der Waals surface area contributed by atoms with Crippen molar-refractivity contribution < 1.29 is 19.4 Å². The number of esters is 1. The number of para-hydroxylation sites is 1. The molecule has 4 saturated carbocycles. The van der Waals surface area contributed by atoms with Crippen molar-refractivity contribution in [2.75, 3.05) is 5.32 Å². The summed E-state index contributed by atoms with van der Waals surface area (Å²) < 4.78 is 5.55. The highest BCUT2D eigenvalue weighted by atomic mass is 16.5. The fourth-order valence-electron chi connectivity index (χ4n) is 5.56. The van der Waals surface area contributed by atoms with Crippen molar-refractivity contribution in [3.8, 4) is 0 Å². The van der Waals surface area contributed by atoms with Gasteiger partial charge in [0, 0.05) is 5.69 Å². The summed E-state index contributed by atoms with van der Waals surface area (Å²) in [5.74, 6) is 0.179. The van der Waals surface area contributed by atoms with E-state index in [0.29, 0.717) is 23.9 Å². The Kier molecular flexibility index (Phi) is 3.87. The Bertz CT molecular complexity index is 672. The number of amides is 1. The van der Waals surface area contributed by atoms with Crippen LogP contribution in [0.25, 0.3) is 0 Å². The van der Waals surface area contributed by atoms with Gasteiger partial charge >= 0.3 is 5.97 Å². The predicted molar refractivity (Wildman–Crippen MR) is 92.7 cm³/mol. The Morgan fingerprint density at radius 1 is 1.16 bits per heavy atom. The van der Waals surface area contributed by atoms with E-state index in [-0.39, 0.29) is 11.9 Å². The fraction of sp³-hybridized carbons (Fsp3) is 0.600. The van der Waals surface area contributed by atoms with Crippen molar-refractivity contribution in [2.24, 2.45) is 17.3 Å². The fourth-order valence-corrected chi connectivity index (χ4v) is 5.56. The van der Waals surface area contributed by atoms with Crippen LogP contribution in [0.1, 0.15) is 45.4 Å². The molecule has 1 amide bonds. The van der Waals surface area contributed by atoms with Crippen molar-refractivity contribution >= 4 is 17.6 Å². The van der Waals surface area contributed by atoms with Crippen LogP contribution in [0.4, 0.5) is 5.69 Å². The summed E-state index contributed by atoms with van der Waals surface area (Å²) in [6.45, 7) is 1.60. The Balaban J connectivity index is 1.42. The third-order valence-corrected chi connectivity index (χ3v) is 6.16. The SMILES string of the molecule is C[C@@H](OC(=O)C12C[C@@H]3C[C@@H](CC(O)(C3)C1)C2)C(=O)Nc1ccccc1. The summed E-state index contributed by atoms with van der Waals surface area (Å²) in [7, 11) is 0. The molecule has 0 saturated heterocycles. The molecule has 5 nitrogen and oxygen atoms in total. The highest BCUT2D eigenvalue weighted by Crippen LogP contribution is 2.62. The molecule has 0 heterocycles. The second-order valence-corrected chi connectivity index (χ2v) is 8.37. The van der Waals surface area contributed by atoms with Crippen LogP contribution in [0.3, 0.4) is 0 Å². The van der Waals surface area contributed by atoms with Crippen molar-refractivity contribution in [3.05, 3.63) is 30.3 Å². The number of anilines is 1. The predicted octanol–water partition coefficient (Wildman–Crippen LogP) is 2.89. The molecule has 2 unspecified atom stereocenters. The van der Waals surface area contributed by atoms with E-state index >= 15 is 0 Å². The highest BCUT2D eigenvalue weighted by molar-refractivity contribution is 5.95. The van der Waals surface area contributed by atoms with Crippen LogP contribution >= 0.6 is 0 Å². The van der Waals surface area contributed by atoms with Gasteiger partial charge < -0.3 is 15.2 Å². The molecule has 0 radical (unpaired) electrons. The molecule has 1 aromatic rings. The normalized spacial score (nSPS) is 36.7. The van der Waals surface area contributed by atoms with E-state index in [4.69, 9.17) is 4.74 Å². The van der Waals surface area contributed by atoms with Gasteiger partial charge in [-0.25, -0.2) is 0 Å². The second kappa shape index (κ2) is 5.84. The first kappa shape index (κ1) is 16.6. The van der Waals surface area contributed by atoms with Gasteiger partial charge in [0.2, 0.25) is 0 Å². The molecule has 1 aromatic carbocycles. The molecule has 5 heteroatoms. The largest absolute Gasteiger partial charge is 0.452 e. The smallest absolute Gasteiger partial charge is 0.312 e. The third kappa shape index (κ3) is 3.06. The molecule has 25 heavy (non-hydrogen) atoms. The Hall–Kier alpha value is -1.88. The van der Waals surface area contributed by atoms with Crippen molar-refractivity contribution in [2.45, 2.75) is 57.2 Å². The first-order valence-corrected chi connectivity index (χ1v) is 9.17. The summed E-state index contributed by atoms with van der Waals surface area (Å²) in [4.78, 5) is 25.2. The molecule has 0 aromatic heterocycles. The minimum Gasteiger partial charge on any atom is -0.452 e. The van der Waals surface area contributed by atoms with Gasteiger partial charge in [-0.1, -0.05) is 18.2 Å². The van der Waals surface area contributed by atoms with Crippen LogP contribution in [-0.2, 0) is 14.3 Å². The number of hydrogen-bond acceptors (Lipinski definition) is 4. The Morgan fingerprint density at radius 2 is 1.80 bits per heavy atom. The lowest BCUT2D eigenvalue weighted by molar-refractivity contribution is -0.199. The molecule has 5 atom stereocenters. The number of carbonyl (C=O) groups is 2. The zero-order valence-corrected chi connectivity index (χ0v) is 14.5. The Labute approximate surface area is 147 Å². The average Bonchev–Trinajstić information content (AvgIpc) is 2.53. The second-order valence-electron chi connectivity index (χ2n) is 8.37. The van der Waals surface area contributed by atoms with Crippen LogP contribution in [0, 0.1) is 17.3 Å². The summed E-state index contributed by atoms with van der Waals surface area (Å²) in [5, 5.41) is 13.5. The summed E-state index contributed by atoms with van der Waals surface area (Å²) in [6, 6.07) is 9.13. The quantitative estimate of drug-likeness (QED) is 0.824. The maximum atomic E-state index is 12.9.